The minimum Gasteiger partial charge on any atom is -0.394 e. The predicted octanol–water partition coefficient (Wildman–Crippen LogP) is -0.0646. The average Bonchev–Trinajstić information content (AvgIpc) is 3.74. The van der Waals surface area contributed by atoms with E-state index in [2.05, 4.69) is 27.1 Å². The molecule has 4 atom stereocenters. The molecule has 2 amide bonds. The summed E-state index contributed by atoms with van der Waals surface area (Å²) in [5.41, 5.74) is 8.84. The molecule has 3 aromatic heterocycles. The first-order valence-electron chi connectivity index (χ1n) is 14.6. The minimum atomic E-state index is -1.86. The van der Waals surface area contributed by atoms with Gasteiger partial charge in [-0.2, -0.15) is 0 Å². The zero-order valence-electron chi connectivity index (χ0n) is 25.4. The molecule has 0 bridgehead atoms. The van der Waals surface area contributed by atoms with Crippen LogP contribution in [-0.2, 0) is 9.59 Å². The third-order valence-electron chi connectivity index (χ3n) is 7.37. The van der Waals surface area contributed by atoms with Gasteiger partial charge >= 0.3 is 0 Å². The molecular weight excluding hydrogens is 610 g/mol. The van der Waals surface area contributed by atoms with Crippen LogP contribution in [0.3, 0.4) is 0 Å². The second-order valence-corrected chi connectivity index (χ2v) is 10.4. The molecule has 1 saturated heterocycles. The number of hydrogen-bond donors (Lipinski definition) is 7. The van der Waals surface area contributed by atoms with Crippen LogP contribution in [-0.4, -0.2) is 105 Å². The number of aromatic nitrogens is 4. The highest BCUT2D eigenvalue weighted by Gasteiger charge is 2.34. The summed E-state index contributed by atoms with van der Waals surface area (Å²) in [4.78, 5) is 50.8. The lowest BCUT2D eigenvalue weighted by atomic mass is 10.1. The number of fused-ring (bicyclic) bond motifs is 1. The Morgan fingerprint density at radius 1 is 1.06 bits per heavy atom. The number of anilines is 2. The molecule has 1 fully saturated rings. The van der Waals surface area contributed by atoms with Gasteiger partial charge in [0, 0.05) is 36.3 Å². The van der Waals surface area contributed by atoms with E-state index < -0.39 is 37.3 Å². The van der Waals surface area contributed by atoms with Gasteiger partial charge in [0.15, 0.2) is 5.78 Å². The van der Waals surface area contributed by atoms with Crippen molar-refractivity contribution in [3.63, 3.8) is 0 Å². The van der Waals surface area contributed by atoms with Crippen LogP contribution in [0, 0.1) is 11.8 Å². The molecule has 1 aliphatic heterocycles. The number of likely N-dealkylation sites (tertiary alicyclic amines) is 1. The first kappa shape index (κ1) is 34.6. The number of nitrogens with two attached hydrogens (primary N) is 1. The number of Topliss-reactive ketones (excluding diaryl/α,β-unsaturated/α-hetero) is 1. The van der Waals surface area contributed by atoms with E-state index in [1.807, 2.05) is 16.5 Å². The number of hydrogen-bond acceptors (Lipinski definition) is 12. The molecule has 0 unspecified atom stereocenters. The molecule has 1 aliphatic rings. The second kappa shape index (κ2) is 15.9. The molecular formula is C32H35N7O8. The maximum Gasteiger partial charge on any atom is 0.299 e. The Bertz CT molecular complexity index is 1770. The maximum atomic E-state index is 12.6. The van der Waals surface area contributed by atoms with E-state index in [0.29, 0.717) is 40.8 Å². The van der Waals surface area contributed by atoms with Crippen LogP contribution >= 0.6 is 0 Å². The fourth-order valence-corrected chi connectivity index (χ4v) is 4.99. The van der Waals surface area contributed by atoms with Crippen LogP contribution in [0.2, 0.25) is 0 Å². The van der Waals surface area contributed by atoms with E-state index in [1.54, 1.807) is 60.7 Å². The molecule has 0 spiro atoms. The summed E-state index contributed by atoms with van der Waals surface area (Å²) in [7, 11) is 0. The molecule has 0 radical (unpaired) electrons. The van der Waals surface area contributed by atoms with E-state index in [9.17, 15) is 14.4 Å². The standard InChI is InChI=1S/C26H23N7O2.C6H12O6/c1-2-6-21(34)32-15-5-7-19(32)25-31-22(23-24(27)29-14-16-33(23)25)17-9-11-18(12-10-17)26(35)30-20-8-3-4-13-28-20;7-1-3(9)5(11)6(12)4(10)2-8/h3-4,8-14,16,19H,5,7,15H2,1H3,(H2,27,29)(H,28,30,35);3,5-9,11-12H,1-2H2/t19-;3-,5+,6+/m01/s1. The zero-order valence-corrected chi connectivity index (χ0v) is 25.4. The highest BCUT2D eigenvalue weighted by atomic mass is 16.4. The highest BCUT2D eigenvalue weighted by molar-refractivity contribution is 6.04. The second-order valence-electron chi connectivity index (χ2n) is 10.4. The van der Waals surface area contributed by atoms with Crippen molar-refractivity contribution in [1.82, 2.24) is 24.3 Å². The number of pyridine rings is 1. The summed E-state index contributed by atoms with van der Waals surface area (Å²) in [5, 5.41) is 45.8. The molecule has 4 aromatic rings. The Morgan fingerprint density at radius 2 is 1.81 bits per heavy atom. The van der Waals surface area contributed by atoms with Crippen LogP contribution in [0.5, 0.6) is 0 Å². The molecule has 246 valence electrons. The van der Waals surface area contributed by atoms with Gasteiger partial charge in [0.1, 0.15) is 53.6 Å². The van der Waals surface area contributed by atoms with Crippen molar-refractivity contribution in [3.05, 3.63) is 72.4 Å². The molecule has 0 saturated carbocycles. The molecule has 47 heavy (non-hydrogen) atoms. The third-order valence-corrected chi connectivity index (χ3v) is 7.37. The Hall–Kier alpha value is -5.24. The number of amides is 2. The van der Waals surface area contributed by atoms with Gasteiger partial charge in [-0.1, -0.05) is 24.1 Å². The van der Waals surface area contributed by atoms with Gasteiger partial charge in [0.05, 0.1) is 12.6 Å². The number of aliphatic hydroxyl groups excluding tert-OH is 5. The van der Waals surface area contributed by atoms with Gasteiger partial charge in [0.25, 0.3) is 11.8 Å². The van der Waals surface area contributed by atoms with Gasteiger partial charge in [-0.05, 0) is 50.0 Å². The lowest BCUT2D eigenvalue weighted by molar-refractivity contribution is -0.142. The smallest absolute Gasteiger partial charge is 0.299 e. The SMILES string of the molecule is CC#CC(=O)N1CCC[C@H]1c1nc(-c2ccc(C(=O)Nc3ccccn3)cc2)c2c(N)nccn12.O=C(CO)[C@H](O)[C@@H](O)[C@H](O)CO. The van der Waals surface area contributed by atoms with E-state index >= 15 is 0 Å². The monoisotopic (exact) mass is 645 g/mol. The molecule has 15 heteroatoms. The zero-order chi connectivity index (χ0) is 34.1. The molecule has 15 nitrogen and oxygen atoms in total. The number of nitrogen functional groups attached to an aromatic ring is 1. The number of imidazole rings is 1. The molecule has 5 rings (SSSR count). The minimum absolute atomic E-state index is 0.210. The summed E-state index contributed by atoms with van der Waals surface area (Å²) in [6, 6.07) is 12.2. The Labute approximate surface area is 269 Å². The Kier molecular flexibility index (Phi) is 11.7. The molecule has 8 N–H and O–H groups in total. The van der Waals surface area contributed by atoms with Gasteiger partial charge in [-0.15, -0.1) is 0 Å². The Morgan fingerprint density at radius 3 is 2.45 bits per heavy atom. The van der Waals surface area contributed by atoms with Crippen LogP contribution in [0.4, 0.5) is 11.6 Å². The van der Waals surface area contributed by atoms with E-state index in [1.165, 1.54) is 0 Å². The van der Waals surface area contributed by atoms with Crippen LogP contribution in [0.15, 0.2) is 61.1 Å². The van der Waals surface area contributed by atoms with Crippen molar-refractivity contribution >= 4 is 34.8 Å². The van der Waals surface area contributed by atoms with Crippen LogP contribution in [0.1, 0.15) is 42.0 Å². The average molecular weight is 646 g/mol. The van der Waals surface area contributed by atoms with Crippen molar-refractivity contribution in [1.29, 1.82) is 0 Å². The van der Waals surface area contributed by atoms with Gasteiger partial charge in [-0.3, -0.25) is 18.8 Å². The van der Waals surface area contributed by atoms with Crippen LogP contribution < -0.4 is 11.1 Å². The largest absolute Gasteiger partial charge is 0.394 e. The Balaban J connectivity index is 0.000000356. The number of benzene rings is 1. The quantitative estimate of drug-likeness (QED) is 0.119. The van der Waals surface area contributed by atoms with Gasteiger partial charge in [-0.25, -0.2) is 15.0 Å². The van der Waals surface area contributed by atoms with Crippen molar-refractivity contribution < 1.29 is 39.9 Å². The lowest BCUT2D eigenvalue weighted by Gasteiger charge is -2.21. The molecule has 1 aromatic carbocycles. The molecule has 4 heterocycles. The highest BCUT2D eigenvalue weighted by Crippen LogP contribution is 2.36. The van der Waals surface area contributed by atoms with Gasteiger partial charge < -0.3 is 41.5 Å². The van der Waals surface area contributed by atoms with Crippen molar-refractivity contribution in [2.75, 3.05) is 30.8 Å². The number of nitrogens with one attached hydrogen (secondary N) is 1. The van der Waals surface area contributed by atoms with Gasteiger partial charge in [0.2, 0.25) is 0 Å². The summed E-state index contributed by atoms with van der Waals surface area (Å²) >= 11 is 0. The number of nitrogens with zero attached hydrogens (tertiary/aromatic N) is 5. The van der Waals surface area contributed by atoms with Crippen molar-refractivity contribution in [2.45, 2.75) is 44.1 Å². The maximum absolute atomic E-state index is 12.6. The fourth-order valence-electron chi connectivity index (χ4n) is 4.99. The predicted molar refractivity (Wildman–Crippen MR) is 169 cm³/mol. The normalized spacial score (nSPS) is 15.9. The van der Waals surface area contributed by atoms with E-state index in [4.69, 9.17) is 36.3 Å². The number of carbonyl (C=O) groups is 3. The summed E-state index contributed by atoms with van der Waals surface area (Å²) in [6.07, 6.45) is 1.47. The summed E-state index contributed by atoms with van der Waals surface area (Å²) in [5.74, 6) is 5.38. The number of rotatable bonds is 9. The number of carbonyl (C=O) groups excluding carboxylic acids is 3. The van der Waals surface area contributed by atoms with Crippen molar-refractivity contribution in [3.8, 4) is 23.1 Å². The van der Waals surface area contributed by atoms with Crippen molar-refractivity contribution in [2.24, 2.45) is 0 Å². The van der Waals surface area contributed by atoms with E-state index in [0.717, 1.165) is 18.4 Å². The summed E-state index contributed by atoms with van der Waals surface area (Å²) < 4.78 is 1.90. The first-order valence-corrected chi connectivity index (χ1v) is 14.6. The first-order chi connectivity index (χ1) is 22.6. The summed E-state index contributed by atoms with van der Waals surface area (Å²) in [6.45, 7) is 0.592. The number of aliphatic hydroxyl groups is 5. The number of ketones is 1. The van der Waals surface area contributed by atoms with Crippen LogP contribution in [0.25, 0.3) is 16.8 Å². The van der Waals surface area contributed by atoms with E-state index in [-0.39, 0.29) is 17.9 Å². The molecule has 0 aliphatic carbocycles. The fraction of sp³-hybridized carbons (Fsp3) is 0.312. The topological polar surface area (TPSA) is 237 Å². The third kappa shape index (κ3) is 7.95. The lowest BCUT2D eigenvalue weighted by Crippen LogP contribution is -2.44.